The fourth-order valence-corrected chi connectivity index (χ4v) is 2.82. The van der Waals surface area contributed by atoms with Gasteiger partial charge in [-0.2, -0.15) is 0 Å². The van der Waals surface area contributed by atoms with Gasteiger partial charge in [0.15, 0.2) is 6.61 Å². The van der Waals surface area contributed by atoms with Crippen LogP contribution in [0.25, 0.3) is 0 Å². The van der Waals surface area contributed by atoms with Gasteiger partial charge in [0.05, 0.1) is 5.69 Å². The fraction of sp³-hybridized carbons (Fsp3) is 0.412. The van der Waals surface area contributed by atoms with Crippen LogP contribution in [0, 0.1) is 12.8 Å². The highest BCUT2D eigenvalue weighted by Gasteiger charge is 2.24. The first kappa shape index (κ1) is 15.9. The van der Waals surface area contributed by atoms with Crippen molar-refractivity contribution in [2.75, 3.05) is 11.9 Å². The van der Waals surface area contributed by atoms with Crippen molar-refractivity contribution < 1.29 is 14.1 Å². The predicted molar refractivity (Wildman–Crippen MR) is 88.0 cm³/mol. The Morgan fingerprint density at radius 3 is 3.13 bits per heavy atom. The number of amides is 1. The minimum Gasteiger partial charge on any atom is -0.484 e. The smallest absolute Gasteiger partial charge is 0.264 e. The Kier molecular flexibility index (Phi) is 4.57. The molecule has 5 nitrogen and oxygen atoms in total. The van der Waals surface area contributed by atoms with Crippen molar-refractivity contribution >= 4 is 23.4 Å². The maximum absolute atomic E-state index is 12.1. The molecule has 0 radical (unpaired) electrons. The van der Waals surface area contributed by atoms with E-state index >= 15 is 0 Å². The maximum Gasteiger partial charge on any atom is 0.264 e. The monoisotopic (exact) mass is 334 g/mol. The van der Waals surface area contributed by atoms with Gasteiger partial charge in [0, 0.05) is 10.6 Å². The van der Waals surface area contributed by atoms with Gasteiger partial charge in [-0.3, -0.25) is 10.1 Å². The van der Waals surface area contributed by atoms with Gasteiger partial charge in [-0.25, -0.2) is 0 Å². The van der Waals surface area contributed by atoms with Gasteiger partial charge in [0.2, 0.25) is 5.88 Å². The van der Waals surface area contributed by atoms with Crippen LogP contribution in [0.1, 0.15) is 30.2 Å². The highest BCUT2D eigenvalue weighted by atomic mass is 35.5. The molecule has 0 spiro atoms. The molecule has 122 valence electrons. The summed E-state index contributed by atoms with van der Waals surface area (Å²) in [6, 6.07) is 5.28. The largest absolute Gasteiger partial charge is 0.484 e. The molecule has 0 saturated carbocycles. The molecule has 1 aromatic carbocycles. The molecular weight excluding hydrogens is 316 g/mol. The number of nitrogens with one attached hydrogen (secondary N) is 1. The lowest BCUT2D eigenvalue weighted by atomic mass is 9.89. The number of aromatic nitrogens is 1. The molecule has 3 rings (SSSR count). The third-order valence-corrected chi connectivity index (χ3v) is 4.47. The number of fused-ring (bicyclic) bond motifs is 1. The lowest BCUT2D eigenvalue weighted by Crippen LogP contribution is -2.21. The third-order valence-electron chi connectivity index (χ3n) is 4.05. The highest BCUT2D eigenvalue weighted by molar-refractivity contribution is 6.31. The molecule has 1 unspecified atom stereocenters. The van der Waals surface area contributed by atoms with E-state index in [1.165, 1.54) is 0 Å². The summed E-state index contributed by atoms with van der Waals surface area (Å²) < 4.78 is 10.8. The van der Waals surface area contributed by atoms with E-state index in [1.807, 2.05) is 6.92 Å². The maximum atomic E-state index is 12.1. The van der Waals surface area contributed by atoms with Crippen LogP contribution in [0.15, 0.2) is 22.7 Å². The number of hydrogen-bond donors (Lipinski definition) is 1. The van der Waals surface area contributed by atoms with Crippen LogP contribution in [0.3, 0.4) is 0 Å². The molecule has 0 fully saturated rings. The SMILES string of the molecule is Cc1cc(OCC(=O)Nc2onc3c2CC(C)CC3)ccc1Cl. The molecule has 1 N–H and O–H groups in total. The Morgan fingerprint density at radius 1 is 1.52 bits per heavy atom. The second kappa shape index (κ2) is 6.62. The summed E-state index contributed by atoms with van der Waals surface area (Å²) in [6.07, 6.45) is 2.88. The first-order valence-electron chi connectivity index (χ1n) is 7.69. The van der Waals surface area contributed by atoms with Crippen molar-refractivity contribution in [1.29, 1.82) is 0 Å². The average molecular weight is 335 g/mol. The Hall–Kier alpha value is -2.01. The molecule has 1 aliphatic carbocycles. The molecule has 0 aliphatic heterocycles. The number of halogens is 1. The van der Waals surface area contributed by atoms with Crippen LogP contribution in [0.2, 0.25) is 5.02 Å². The first-order valence-corrected chi connectivity index (χ1v) is 8.07. The lowest BCUT2D eigenvalue weighted by molar-refractivity contribution is -0.118. The molecule has 1 heterocycles. The van der Waals surface area contributed by atoms with Crippen molar-refractivity contribution in [3.63, 3.8) is 0 Å². The van der Waals surface area contributed by atoms with Crippen LogP contribution >= 0.6 is 11.6 Å². The summed E-state index contributed by atoms with van der Waals surface area (Å²) in [5.74, 6) is 1.36. The van der Waals surface area contributed by atoms with Crippen LogP contribution in [0.4, 0.5) is 5.88 Å². The molecule has 2 aromatic rings. The van der Waals surface area contributed by atoms with Gasteiger partial charge in [0.25, 0.3) is 5.91 Å². The number of benzene rings is 1. The molecule has 1 atom stereocenters. The second-order valence-corrected chi connectivity index (χ2v) is 6.44. The number of carbonyl (C=O) groups is 1. The fourth-order valence-electron chi connectivity index (χ4n) is 2.70. The van der Waals surface area contributed by atoms with Crippen molar-refractivity contribution in [2.24, 2.45) is 5.92 Å². The Balaban J connectivity index is 1.59. The van der Waals surface area contributed by atoms with E-state index in [4.69, 9.17) is 20.9 Å². The quantitative estimate of drug-likeness (QED) is 0.924. The van der Waals surface area contributed by atoms with Gasteiger partial charge in [-0.05, 0) is 55.9 Å². The van der Waals surface area contributed by atoms with E-state index in [-0.39, 0.29) is 12.5 Å². The van der Waals surface area contributed by atoms with Crippen molar-refractivity contribution in [2.45, 2.75) is 33.1 Å². The standard InChI is InChI=1S/C17H19ClN2O3/c1-10-3-6-15-13(7-10)17(23-20-15)19-16(21)9-22-12-4-5-14(18)11(2)8-12/h4-5,8,10H,3,6-7,9H2,1-2H3,(H,19,21). The number of anilines is 1. The van der Waals surface area contributed by atoms with E-state index in [0.717, 1.165) is 36.1 Å². The Bertz CT molecular complexity index is 727. The second-order valence-electron chi connectivity index (χ2n) is 6.03. The molecule has 1 aromatic heterocycles. The molecular formula is C17H19ClN2O3. The Morgan fingerprint density at radius 2 is 2.35 bits per heavy atom. The minimum atomic E-state index is -0.269. The highest BCUT2D eigenvalue weighted by Crippen LogP contribution is 2.30. The van der Waals surface area contributed by atoms with Crippen molar-refractivity contribution in [3.8, 4) is 5.75 Å². The van der Waals surface area contributed by atoms with Gasteiger partial charge >= 0.3 is 0 Å². The van der Waals surface area contributed by atoms with Crippen LogP contribution in [-0.4, -0.2) is 17.7 Å². The van der Waals surface area contributed by atoms with Crippen LogP contribution in [-0.2, 0) is 17.6 Å². The number of ether oxygens (including phenoxy) is 1. The van der Waals surface area contributed by atoms with E-state index in [0.29, 0.717) is 22.6 Å². The van der Waals surface area contributed by atoms with Crippen LogP contribution in [0.5, 0.6) is 5.75 Å². The molecule has 23 heavy (non-hydrogen) atoms. The van der Waals surface area contributed by atoms with Gasteiger partial charge in [0.1, 0.15) is 5.75 Å². The summed E-state index contributed by atoms with van der Waals surface area (Å²) in [4.78, 5) is 12.1. The minimum absolute atomic E-state index is 0.0912. The first-order chi connectivity index (χ1) is 11.0. The zero-order valence-electron chi connectivity index (χ0n) is 13.2. The summed E-state index contributed by atoms with van der Waals surface area (Å²) in [5, 5.41) is 7.46. The topological polar surface area (TPSA) is 64.4 Å². The number of hydrogen-bond acceptors (Lipinski definition) is 4. The molecule has 1 aliphatic rings. The van der Waals surface area contributed by atoms with E-state index < -0.39 is 0 Å². The summed E-state index contributed by atoms with van der Waals surface area (Å²) >= 11 is 5.96. The zero-order valence-corrected chi connectivity index (χ0v) is 13.9. The number of carbonyl (C=O) groups excluding carboxylic acids is 1. The van der Waals surface area contributed by atoms with E-state index in [2.05, 4.69) is 17.4 Å². The Labute approximate surface area is 139 Å². The number of aryl methyl sites for hydroxylation is 2. The van der Waals surface area contributed by atoms with E-state index in [9.17, 15) is 4.79 Å². The van der Waals surface area contributed by atoms with Crippen molar-refractivity contribution in [3.05, 3.63) is 40.0 Å². The number of nitrogens with zero attached hydrogens (tertiary/aromatic N) is 1. The summed E-state index contributed by atoms with van der Waals surface area (Å²) in [6.45, 7) is 3.98. The van der Waals surface area contributed by atoms with E-state index in [1.54, 1.807) is 18.2 Å². The summed E-state index contributed by atoms with van der Waals surface area (Å²) in [7, 11) is 0. The normalized spacial score (nSPS) is 16.7. The lowest BCUT2D eigenvalue weighted by Gasteiger charge is -2.16. The third kappa shape index (κ3) is 3.67. The number of rotatable bonds is 4. The summed E-state index contributed by atoms with van der Waals surface area (Å²) in [5.41, 5.74) is 2.87. The molecule has 6 heteroatoms. The average Bonchev–Trinajstić information content (AvgIpc) is 2.91. The predicted octanol–water partition coefficient (Wildman–Crippen LogP) is 3.78. The molecule has 0 bridgehead atoms. The molecule has 1 amide bonds. The zero-order chi connectivity index (χ0) is 16.4. The van der Waals surface area contributed by atoms with Gasteiger partial charge in [-0.1, -0.05) is 23.7 Å². The van der Waals surface area contributed by atoms with Gasteiger partial charge < -0.3 is 9.26 Å². The van der Waals surface area contributed by atoms with Crippen LogP contribution < -0.4 is 10.1 Å². The van der Waals surface area contributed by atoms with Gasteiger partial charge in [-0.15, -0.1) is 0 Å². The van der Waals surface area contributed by atoms with Crippen molar-refractivity contribution in [1.82, 2.24) is 5.16 Å². The molecule has 0 saturated heterocycles.